The van der Waals surface area contributed by atoms with E-state index in [4.69, 9.17) is 11.5 Å². The van der Waals surface area contributed by atoms with E-state index in [-0.39, 0.29) is 18.6 Å². The minimum Gasteiger partial charge on any atom is -0.508 e. The first-order chi connectivity index (χ1) is 7.52. The molecule has 0 heterocycles. The van der Waals surface area contributed by atoms with E-state index in [2.05, 4.69) is 0 Å². The maximum absolute atomic E-state index is 11.2. The standard InChI is InChI=1S/C11H14N2O3/c12-10(15)6-5-8(11(13)16)7-3-1-2-4-9(7)14/h1-4,8,14H,5-6H2,(H2,12,15)(H2,13,16). The second-order valence-electron chi connectivity index (χ2n) is 3.52. The molecule has 1 aromatic carbocycles. The smallest absolute Gasteiger partial charge is 0.225 e. The summed E-state index contributed by atoms with van der Waals surface area (Å²) in [6.07, 6.45) is 0.268. The summed E-state index contributed by atoms with van der Waals surface area (Å²) in [6.45, 7) is 0. The monoisotopic (exact) mass is 222 g/mol. The number of amides is 2. The number of carbonyl (C=O) groups excluding carboxylic acids is 2. The molecule has 0 aliphatic carbocycles. The Kier molecular flexibility index (Phi) is 3.88. The molecule has 0 radical (unpaired) electrons. The average Bonchev–Trinajstić information content (AvgIpc) is 2.20. The highest BCUT2D eigenvalue weighted by Crippen LogP contribution is 2.28. The summed E-state index contributed by atoms with van der Waals surface area (Å²) in [5.41, 5.74) is 10.7. The quantitative estimate of drug-likeness (QED) is 0.663. The van der Waals surface area contributed by atoms with Crippen LogP contribution in [0.15, 0.2) is 24.3 Å². The Morgan fingerprint density at radius 3 is 2.38 bits per heavy atom. The van der Waals surface area contributed by atoms with E-state index in [1.165, 1.54) is 6.07 Å². The lowest BCUT2D eigenvalue weighted by Gasteiger charge is -2.13. The second-order valence-corrected chi connectivity index (χ2v) is 3.52. The van der Waals surface area contributed by atoms with Crippen molar-refractivity contribution in [1.29, 1.82) is 0 Å². The van der Waals surface area contributed by atoms with Crippen LogP contribution >= 0.6 is 0 Å². The lowest BCUT2D eigenvalue weighted by molar-refractivity contribution is -0.120. The highest BCUT2D eigenvalue weighted by atomic mass is 16.3. The Hall–Kier alpha value is -2.04. The zero-order valence-electron chi connectivity index (χ0n) is 8.72. The van der Waals surface area contributed by atoms with E-state index < -0.39 is 17.7 Å². The van der Waals surface area contributed by atoms with Crippen LogP contribution < -0.4 is 11.5 Å². The molecule has 5 heteroatoms. The van der Waals surface area contributed by atoms with Gasteiger partial charge in [0.1, 0.15) is 5.75 Å². The highest BCUT2D eigenvalue weighted by Gasteiger charge is 2.21. The number of benzene rings is 1. The van der Waals surface area contributed by atoms with Crippen LogP contribution in [0, 0.1) is 0 Å². The Bertz CT molecular complexity index is 404. The third-order valence-electron chi connectivity index (χ3n) is 2.34. The Labute approximate surface area is 93.1 Å². The van der Waals surface area contributed by atoms with Gasteiger partial charge in [0.15, 0.2) is 0 Å². The van der Waals surface area contributed by atoms with Crippen LogP contribution in [0.4, 0.5) is 0 Å². The van der Waals surface area contributed by atoms with E-state index in [9.17, 15) is 14.7 Å². The molecule has 0 aliphatic heterocycles. The van der Waals surface area contributed by atoms with Crippen LogP contribution in [0.2, 0.25) is 0 Å². The van der Waals surface area contributed by atoms with Crippen molar-refractivity contribution in [2.45, 2.75) is 18.8 Å². The fourth-order valence-corrected chi connectivity index (χ4v) is 1.52. The number of rotatable bonds is 5. The summed E-state index contributed by atoms with van der Waals surface area (Å²) < 4.78 is 0. The van der Waals surface area contributed by atoms with Crippen molar-refractivity contribution in [3.63, 3.8) is 0 Å². The first-order valence-corrected chi connectivity index (χ1v) is 4.88. The SMILES string of the molecule is NC(=O)CCC(C(N)=O)c1ccccc1O. The van der Waals surface area contributed by atoms with Gasteiger partial charge in [0.05, 0.1) is 5.92 Å². The molecule has 0 saturated carbocycles. The van der Waals surface area contributed by atoms with E-state index in [0.29, 0.717) is 5.56 Å². The molecule has 0 aliphatic rings. The third kappa shape index (κ3) is 2.98. The van der Waals surface area contributed by atoms with Crippen LogP contribution in [-0.2, 0) is 9.59 Å². The van der Waals surface area contributed by atoms with Gasteiger partial charge in [0, 0.05) is 12.0 Å². The number of phenols is 1. The Morgan fingerprint density at radius 1 is 1.25 bits per heavy atom. The molecule has 0 aromatic heterocycles. The lowest BCUT2D eigenvalue weighted by Crippen LogP contribution is -2.23. The van der Waals surface area contributed by atoms with Crippen molar-refractivity contribution in [2.75, 3.05) is 0 Å². The average molecular weight is 222 g/mol. The summed E-state index contributed by atoms with van der Waals surface area (Å²) in [7, 11) is 0. The van der Waals surface area contributed by atoms with Gasteiger partial charge in [-0.05, 0) is 12.5 Å². The number of hydrogen-bond acceptors (Lipinski definition) is 3. The molecule has 0 saturated heterocycles. The molecule has 86 valence electrons. The van der Waals surface area contributed by atoms with Gasteiger partial charge in [-0.25, -0.2) is 0 Å². The molecular weight excluding hydrogens is 208 g/mol. The molecule has 0 spiro atoms. The van der Waals surface area contributed by atoms with Crippen molar-refractivity contribution in [1.82, 2.24) is 0 Å². The molecule has 16 heavy (non-hydrogen) atoms. The predicted octanol–water partition coefficient (Wildman–Crippen LogP) is 0.227. The van der Waals surface area contributed by atoms with E-state index in [0.717, 1.165) is 0 Å². The largest absolute Gasteiger partial charge is 0.508 e. The van der Waals surface area contributed by atoms with Crippen LogP contribution in [0.25, 0.3) is 0 Å². The fourth-order valence-electron chi connectivity index (χ4n) is 1.52. The van der Waals surface area contributed by atoms with Crippen molar-refractivity contribution < 1.29 is 14.7 Å². The Balaban J connectivity index is 2.90. The minimum atomic E-state index is -0.686. The predicted molar refractivity (Wildman–Crippen MR) is 58.5 cm³/mol. The van der Waals surface area contributed by atoms with Crippen molar-refractivity contribution in [2.24, 2.45) is 11.5 Å². The first kappa shape index (κ1) is 12.0. The number of carbonyl (C=O) groups is 2. The first-order valence-electron chi connectivity index (χ1n) is 4.88. The molecule has 5 nitrogen and oxygen atoms in total. The summed E-state index contributed by atoms with van der Waals surface area (Å²) in [4.78, 5) is 21.9. The second kappa shape index (κ2) is 5.16. The van der Waals surface area contributed by atoms with Gasteiger partial charge in [-0.1, -0.05) is 18.2 Å². The molecular formula is C11H14N2O3. The van der Waals surface area contributed by atoms with E-state index >= 15 is 0 Å². The number of nitrogens with two attached hydrogens (primary N) is 2. The van der Waals surface area contributed by atoms with Gasteiger partial charge >= 0.3 is 0 Å². The summed E-state index contributed by atoms with van der Waals surface area (Å²) in [5.74, 6) is -1.77. The van der Waals surface area contributed by atoms with Crippen molar-refractivity contribution in [3.05, 3.63) is 29.8 Å². The molecule has 2 amide bonds. The van der Waals surface area contributed by atoms with Crippen LogP contribution in [0.3, 0.4) is 0 Å². The maximum atomic E-state index is 11.2. The van der Waals surface area contributed by atoms with Gasteiger partial charge in [-0.2, -0.15) is 0 Å². The van der Waals surface area contributed by atoms with Crippen LogP contribution in [-0.4, -0.2) is 16.9 Å². The summed E-state index contributed by atoms with van der Waals surface area (Å²) in [6, 6.07) is 6.40. The van der Waals surface area contributed by atoms with Crippen LogP contribution in [0.1, 0.15) is 24.3 Å². The molecule has 1 aromatic rings. The van der Waals surface area contributed by atoms with Crippen molar-refractivity contribution >= 4 is 11.8 Å². The fraction of sp³-hybridized carbons (Fsp3) is 0.273. The molecule has 5 N–H and O–H groups in total. The number of hydrogen-bond donors (Lipinski definition) is 3. The van der Waals surface area contributed by atoms with Gasteiger partial charge < -0.3 is 16.6 Å². The topological polar surface area (TPSA) is 106 Å². The van der Waals surface area contributed by atoms with Crippen molar-refractivity contribution in [3.8, 4) is 5.75 Å². The normalized spacial score (nSPS) is 12.0. The highest BCUT2D eigenvalue weighted by molar-refractivity contribution is 5.83. The summed E-state index contributed by atoms with van der Waals surface area (Å²) in [5, 5.41) is 9.57. The maximum Gasteiger partial charge on any atom is 0.225 e. The lowest BCUT2D eigenvalue weighted by atomic mass is 9.93. The molecule has 0 bridgehead atoms. The van der Waals surface area contributed by atoms with Gasteiger partial charge in [0.25, 0.3) is 0 Å². The van der Waals surface area contributed by atoms with Gasteiger partial charge in [-0.3, -0.25) is 9.59 Å². The number of para-hydroxylation sites is 1. The molecule has 1 unspecified atom stereocenters. The molecule has 0 fully saturated rings. The number of primary amides is 2. The summed E-state index contributed by atoms with van der Waals surface area (Å²) >= 11 is 0. The van der Waals surface area contributed by atoms with E-state index in [1.807, 2.05) is 0 Å². The van der Waals surface area contributed by atoms with Gasteiger partial charge in [-0.15, -0.1) is 0 Å². The number of phenolic OH excluding ortho intramolecular Hbond substituents is 1. The molecule has 1 atom stereocenters. The zero-order valence-corrected chi connectivity index (χ0v) is 8.72. The number of aromatic hydroxyl groups is 1. The minimum absolute atomic E-state index is 0.00392. The van der Waals surface area contributed by atoms with Gasteiger partial charge in [0.2, 0.25) is 11.8 Å². The van der Waals surface area contributed by atoms with E-state index in [1.54, 1.807) is 18.2 Å². The van der Waals surface area contributed by atoms with Crippen LogP contribution in [0.5, 0.6) is 5.75 Å². The Morgan fingerprint density at radius 2 is 1.88 bits per heavy atom. The zero-order chi connectivity index (χ0) is 12.1. The third-order valence-corrected chi connectivity index (χ3v) is 2.34. The molecule has 1 rings (SSSR count).